The molecular formula is C16H22F3NO3. The van der Waals surface area contributed by atoms with E-state index in [0.717, 1.165) is 6.07 Å². The molecule has 0 saturated carbocycles. The van der Waals surface area contributed by atoms with Gasteiger partial charge in [-0.2, -0.15) is 13.2 Å². The molecule has 4 nitrogen and oxygen atoms in total. The second kappa shape index (κ2) is 8.64. The maximum atomic E-state index is 13.2. The molecule has 0 radical (unpaired) electrons. The Kier molecular flexibility index (Phi) is 7.19. The molecule has 1 rings (SSSR count). The molecule has 1 atom stereocenters. The molecule has 0 N–H and O–H groups in total. The third kappa shape index (κ3) is 6.38. The SMILES string of the molecule is CCON=C(C)COc1ccc(OC(C)CC)c(C(F)(F)F)c1. The Bertz CT molecular complexity index is 530. The van der Waals surface area contributed by atoms with Crippen molar-refractivity contribution in [2.75, 3.05) is 13.2 Å². The highest BCUT2D eigenvalue weighted by Gasteiger charge is 2.35. The second-order valence-electron chi connectivity index (χ2n) is 5.03. The maximum Gasteiger partial charge on any atom is 0.420 e. The van der Waals surface area contributed by atoms with Gasteiger partial charge in [-0.1, -0.05) is 12.1 Å². The van der Waals surface area contributed by atoms with Crippen LogP contribution in [-0.2, 0) is 11.0 Å². The van der Waals surface area contributed by atoms with Crippen molar-refractivity contribution in [3.05, 3.63) is 23.8 Å². The van der Waals surface area contributed by atoms with Gasteiger partial charge in [-0.3, -0.25) is 0 Å². The number of hydrogen-bond donors (Lipinski definition) is 0. The lowest BCUT2D eigenvalue weighted by Crippen LogP contribution is -2.15. The maximum absolute atomic E-state index is 13.2. The Balaban J connectivity index is 2.91. The standard InChI is InChI=1S/C16H22F3NO3/c1-5-12(4)23-15-8-7-13(9-14(15)16(17,18)19)21-10-11(3)20-22-6-2/h7-9,12H,5-6,10H2,1-4H3. The molecule has 0 saturated heterocycles. The summed E-state index contributed by atoms with van der Waals surface area (Å²) in [5.41, 5.74) is -0.324. The monoisotopic (exact) mass is 333 g/mol. The highest BCUT2D eigenvalue weighted by Crippen LogP contribution is 2.39. The van der Waals surface area contributed by atoms with E-state index in [1.54, 1.807) is 20.8 Å². The number of rotatable bonds is 8. The van der Waals surface area contributed by atoms with Gasteiger partial charge in [0.15, 0.2) is 0 Å². The lowest BCUT2D eigenvalue weighted by Gasteiger charge is -2.18. The Morgan fingerprint density at radius 2 is 1.96 bits per heavy atom. The molecule has 130 valence electrons. The minimum absolute atomic E-state index is 0.0445. The fourth-order valence-electron chi connectivity index (χ4n) is 1.61. The predicted octanol–water partition coefficient (Wildman–Crippen LogP) is 4.67. The largest absolute Gasteiger partial charge is 0.490 e. The van der Waals surface area contributed by atoms with Gasteiger partial charge in [0.1, 0.15) is 30.3 Å². The molecule has 23 heavy (non-hydrogen) atoms. The molecule has 0 bridgehead atoms. The predicted molar refractivity (Wildman–Crippen MR) is 82.1 cm³/mol. The number of alkyl halides is 3. The fourth-order valence-corrected chi connectivity index (χ4v) is 1.61. The number of halogens is 3. The molecule has 0 amide bonds. The summed E-state index contributed by atoms with van der Waals surface area (Å²) in [5.74, 6) is -0.0984. The first-order valence-corrected chi connectivity index (χ1v) is 7.44. The molecule has 0 heterocycles. The van der Waals surface area contributed by atoms with Crippen LogP contribution in [0.5, 0.6) is 11.5 Å². The van der Waals surface area contributed by atoms with Crippen LogP contribution in [0.3, 0.4) is 0 Å². The van der Waals surface area contributed by atoms with E-state index in [4.69, 9.17) is 14.3 Å². The van der Waals surface area contributed by atoms with Gasteiger partial charge < -0.3 is 14.3 Å². The van der Waals surface area contributed by atoms with E-state index in [9.17, 15) is 13.2 Å². The number of hydrogen-bond acceptors (Lipinski definition) is 4. The van der Waals surface area contributed by atoms with Crippen LogP contribution in [0.4, 0.5) is 13.2 Å². The summed E-state index contributed by atoms with van der Waals surface area (Å²) < 4.78 is 50.2. The first-order chi connectivity index (χ1) is 10.8. The number of ether oxygens (including phenoxy) is 2. The Hall–Kier alpha value is -1.92. The van der Waals surface area contributed by atoms with Crippen LogP contribution in [0.2, 0.25) is 0 Å². The van der Waals surface area contributed by atoms with Gasteiger partial charge >= 0.3 is 6.18 Å². The van der Waals surface area contributed by atoms with Crippen LogP contribution in [0, 0.1) is 0 Å². The summed E-state index contributed by atoms with van der Waals surface area (Å²) in [4.78, 5) is 4.84. The molecule has 0 spiro atoms. The van der Waals surface area contributed by atoms with Crippen LogP contribution in [-0.4, -0.2) is 25.0 Å². The second-order valence-corrected chi connectivity index (χ2v) is 5.03. The summed E-state index contributed by atoms with van der Waals surface area (Å²) in [5, 5.41) is 3.74. The van der Waals surface area contributed by atoms with Crippen LogP contribution in [0.25, 0.3) is 0 Å². The molecule has 1 unspecified atom stereocenters. The lowest BCUT2D eigenvalue weighted by molar-refractivity contribution is -0.139. The van der Waals surface area contributed by atoms with Gasteiger partial charge in [0, 0.05) is 0 Å². The third-order valence-corrected chi connectivity index (χ3v) is 2.96. The van der Waals surface area contributed by atoms with Crippen molar-refractivity contribution >= 4 is 5.71 Å². The molecule has 0 aliphatic heterocycles. The number of oxime groups is 1. The minimum atomic E-state index is -4.52. The first-order valence-electron chi connectivity index (χ1n) is 7.44. The van der Waals surface area contributed by atoms with Crippen molar-refractivity contribution in [3.63, 3.8) is 0 Å². The van der Waals surface area contributed by atoms with E-state index < -0.39 is 11.7 Å². The van der Waals surface area contributed by atoms with Crippen molar-refractivity contribution in [2.45, 2.75) is 46.4 Å². The summed E-state index contributed by atoms with van der Waals surface area (Å²) in [7, 11) is 0. The average Bonchev–Trinajstić information content (AvgIpc) is 2.50. The van der Waals surface area contributed by atoms with Crippen LogP contribution < -0.4 is 9.47 Å². The zero-order chi connectivity index (χ0) is 17.5. The molecule has 1 aromatic rings. The minimum Gasteiger partial charge on any atom is -0.490 e. The molecule has 1 aromatic carbocycles. The lowest BCUT2D eigenvalue weighted by atomic mass is 10.1. The molecule has 0 fully saturated rings. The van der Waals surface area contributed by atoms with Crippen molar-refractivity contribution in [3.8, 4) is 11.5 Å². The van der Waals surface area contributed by atoms with E-state index in [-0.39, 0.29) is 24.2 Å². The molecular weight excluding hydrogens is 311 g/mol. The van der Waals surface area contributed by atoms with Gasteiger partial charge in [-0.15, -0.1) is 0 Å². The van der Waals surface area contributed by atoms with Gasteiger partial charge in [0.25, 0.3) is 0 Å². The first kappa shape index (κ1) is 19.1. The van der Waals surface area contributed by atoms with Crippen molar-refractivity contribution in [2.24, 2.45) is 5.16 Å². The van der Waals surface area contributed by atoms with Crippen molar-refractivity contribution < 1.29 is 27.5 Å². The van der Waals surface area contributed by atoms with E-state index in [1.165, 1.54) is 12.1 Å². The zero-order valence-corrected chi connectivity index (χ0v) is 13.7. The van der Waals surface area contributed by atoms with Crippen LogP contribution in [0.15, 0.2) is 23.4 Å². The van der Waals surface area contributed by atoms with E-state index >= 15 is 0 Å². The van der Waals surface area contributed by atoms with Crippen molar-refractivity contribution in [1.29, 1.82) is 0 Å². The fraction of sp³-hybridized carbons (Fsp3) is 0.562. The molecule has 0 aromatic heterocycles. The van der Waals surface area contributed by atoms with Gasteiger partial charge in [0.2, 0.25) is 0 Å². The summed E-state index contributed by atoms with van der Waals surface area (Å²) >= 11 is 0. The summed E-state index contributed by atoms with van der Waals surface area (Å²) in [6.45, 7) is 7.47. The molecule has 7 heteroatoms. The summed E-state index contributed by atoms with van der Waals surface area (Å²) in [6, 6.07) is 3.66. The molecule has 0 aliphatic carbocycles. The van der Waals surface area contributed by atoms with E-state index in [0.29, 0.717) is 18.7 Å². The number of nitrogens with zero attached hydrogens (tertiary/aromatic N) is 1. The number of benzene rings is 1. The van der Waals surface area contributed by atoms with Crippen LogP contribution >= 0.6 is 0 Å². The topological polar surface area (TPSA) is 40.0 Å². The Morgan fingerprint density at radius 3 is 2.52 bits per heavy atom. The quantitative estimate of drug-likeness (QED) is 0.512. The highest BCUT2D eigenvalue weighted by molar-refractivity contribution is 5.82. The van der Waals surface area contributed by atoms with Gasteiger partial charge in [0.05, 0.1) is 11.8 Å². The smallest absolute Gasteiger partial charge is 0.420 e. The normalized spacial score (nSPS) is 13.6. The zero-order valence-electron chi connectivity index (χ0n) is 13.7. The Labute approximate surface area is 134 Å². The van der Waals surface area contributed by atoms with E-state index in [2.05, 4.69) is 5.16 Å². The molecule has 0 aliphatic rings. The Morgan fingerprint density at radius 1 is 1.26 bits per heavy atom. The van der Waals surface area contributed by atoms with Crippen LogP contribution in [0.1, 0.15) is 39.7 Å². The van der Waals surface area contributed by atoms with Gasteiger partial charge in [-0.05, 0) is 45.4 Å². The van der Waals surface area contributed by atoms with E-state index in [1.807, 2.05) is 6.92 Å². The van der Waals surface area contributed by atoms with Gasteiger partial charge in [-0.25, -0.2) is 0 Å². The average molecular weight is 333 g/mol. The summed E-state index contributed by atoms with van der Waals surface area (Å²) in [6.07, 6.45) is -4.21. The van der Waals surface area contributed by atoms with Crippen molar-refractivity contribution in [1.82, 2.24) is 0 Å². The third-order valence-electron chi connectivity index (χ3n) is 2.96. The highest BCUT2D eigenvalue weighted by atomic mass is 19.4.